The Hall–Kier alpha value is -0.990. The molecule has 0 unspecified atom stereocenters. The van der Waals surface area contributed by atoms with E-state index < -0.39 is 18.4 Å². The predicted molar refractivity (Wildman–Crippen MR) is 62.3 cm³/mol. The van der Waals surface area contributed by atoms with Crippen LogP contribution in [-0.2, 0) is 4.74 Å². The summed E-state index contributed by atoms with van der Waals surface area (Å²) in [5.74, 6) is 0. The lowest BCUT2D eigenvalue weighted by Crippen LogP contribution is -2.28. The third kappa shape index (κ3) is 1.75. The zero-order chi connectivity index (χ0) is 12.9. The van der Waals surface area contributed by atoms with Crippen LogP contribution < -0.4 is 0 Å². The van der Waals surface area contributed by atoms with Crippen LogP contribution in [0.15, 0.2) is 6.33 Å². The highest BCUT2D eigenvalue weighted by molar-refractivity contribution is 6.35. The molecule has 9 heteroatoms. The van der Waals surface area contributed by atoms with E-state index in [2.05, 4.69) is 15.0 Å². The van der Waals surface area contributed by atoms with E-state index in [1.807, 2.05) is 0 Å². The van der Waals surface area contributed by atoms with Crippen molar-refractivity contribution in [1.82, 2.24) is 19.5 Å². The van der Waals surface area contributed by atoms with Crippen LogP contribution >= 0.6 is 23.2 Å². The van der Waals surface area contributed by atoms with Crippen LogP contribution in [0.25, 0.3) is 11.2 Å². The summed E-state index contributed by atoms with van der Waals surface area (Å²) in [4.78, 5) is 11.8. The molecule has 96 valence electrons. The molecule has 1 aliphatic rings. The fraction of sp³-hybridized carbons (Fsp3) is 0.444. The molecule has 1 saturated heterocycles. The van der Waals surface area contributed by atoms with Gasteiger partial charge in [0.05, 0.1) is 12.9 Å². The van der Waals surface area contributed by atoms with Crippen LogP contribution in [0.3, 0.4) is 0 Å². The summed E-state index contributed by atoms with van der Waals surface area (Å²) in [5, 5.41) is 19.3. The molecule has 0 radical (unpaired) electrons. The van der Waals surface area contributed by atoms with Crippen LogP contribution in [0.1, 0.15) is 6.23 Å². The number of hydrogen-bond donors (Lipinski definition) is 2. The average molecular weight is 291 g/mol. The molecule has 18 heavy (non-hydrogen) atoms. The molecule has 3 atom stereocenters. The number of rotatable bonds is 1. The van der Waals surface area contributed by atoms with Crippen LogP contribution in [0.5, 0.6) is 0 Å². The lowest BCUT2D eigenvalue weighted by Gasteiger charge is -2.16. The number of nitrogens with zero attached hydrogens (tertiary/aromatic N) is 4. The topological polar surface area (TPSA) is 93.3 Å². The van der Waals surface area contributed by atoms with Crippen molar-refractivity contribution in [2.24, 2.45) is 0 Å². The van der Waals surface area contributed by atoms with Gasteiger partial charge in [-0.1, -0.05) is 11.6 Å². The zero-order valence-corrected chi connectivity index (χ0v) is 10.4. The molecule has 0 aromatic carbocycles. The van der Waals surface area contributed by atoms with Gasteiger partial charge in [0.25, 0.3) is 0 Å². The minimum absolute atomic E-state index is 0.0257. The second-order valence-electron chi connectivity index (χ2n) is 3.89. The van der Waals surface area contributed by atoms with Crippen molar-refractivity contribution >= 4 is 34.4 Å². The molecule has 2 aromatic rings. The summed E-state index contributed by atoms with van der Waals surface area (Å²) >= 11 is 11.6. The Bertz CT molecular complexity index is 605. The van der Waals surface area contributed by atoms with E-state index in [0.717, 1.165) is 0 Å². The molecule has 1 aliphatic heterocycles. The number of aliphatic hydroxyl groups is 2. The van der Waals surface area contributed by atoms with Gasteiger partial charge in [0.2, 0.25) is 5.28 Å². The summed E-state index contributed by atoms with van der Waals surface area (Å²) < 4.78 is 6.75. The van der Waals surface area contributed by atoms with Crippen molar-refractivity contribution in [1.29, 1.82) is 0 Å². The fourth-order valence-electron chi connectivity index (χ4n) is 1.87. The molecule has 0 spiro atoms. The van der Waals surface area contributed by atoms with Crippen LogP contribution in [-0.4, -0.2) is 48.5 Å². The van der Waals surface area contributed by atoms with Crippen molar-refractivity contribution < 1.29 is 14.9 Å². The Morgan fingerprint density at radius 1 is 1.33 bits per heavy atom. The number of ether oxygens (including phenoxy) is 1. The van der Waals surface area contributed by atoms with E-state index in [9.17, 15) is 10.2 Å². The summed E-state index contributed by atoms with van der Waals surface area (Å²) in [7, 11) is 0. The lowest BCUT2D eigenvalue weighted by molar-refractivity contribution is -0.0162. The lowest BCUT2D eigenvalue weighted by atomic mass is 10.2. The summed E-state index contributed by atoms with van der Waals surface area (Å²) in [5.41, 5.74) is 0.705. The van der Waals surface area contributed by atoms with Gasteiger partial charge < -0.3 is 14.9 Å². The molecule has 3 heterocycles. The average Bonchev–Trinajstić information content (AvgIpc) is 2.85. The number of aromatic nitrogens is 4. The van der Waals surface area contributed by atoms with Gasteiger partial charge in [-0.2, -0.15) is 4.98 Å². The second kappa shape index (κ2) is 4.29. The first-order chi connectivity index (χ1) is 8.58. The zero-order valence-electron chi connectivity index (χ0n) is 8.86. The maximum atomic E-state index is 9.79. The number of halogens is 2. The Morgan fingerprint density at radius 3 is 2.78 bits per heavy atom. The third-order valence-electron chi connectivity index (χ3n) is 2.75. The molecule has 0 saturated carbocycles. The van der Waals surface area contributed by atoms with Gasteiger partial charge in [-0.05, 0) is 11.6 Å². The van der Waals surface area contributed by atoms with Crippen molar-refractivity contribution in [2.75, 3.05) is 6.61 Å². The summed E-state index contributed by atoms with van der Waals surface area (Å²) in [6.45, 7) is 0.0397. The molecule has 0 amide bonds. The molecule has 2 aromatic heterocycles. The van der Waals surface area contributed by atoms with Crippen molar-refractivity contribution in [3.05, 3.63) is 16.8 Å². The number of aliphatic hydroxyl groups excluding tert-OH is 2. The Morgan fingerprint density at radius 2 is 2.11 bits per heavy atom. The van der Waals surface area contributed by atoms with Gasteiger partial charge in [-0.25, -0.2) is 9.97 Å². The second-order valence-corrected chi connectivity index (χ2v) is 4.59. The van der Waals surface area contributed by atoms with Gasteiger partial charge in [0.15, 0.2) is 17.0 Å². The van der Waals surface area contributed by atoms with Gasteiger partial charge >= 0.3 is 0 Å². The normalized spacial score (nSPS) is 28.1. The van der Waals surface area contributed by atoms with E-state index in [-0.39, 0.29) is 17.0 Å². The molecule has 0 bridgehead atoms. The predicted octanol–water partition coefficient (Wildman–Crippen LogP) is 0.384. The first kappa shape index (κ1) is 12.1. The maximum absolute atomic E-state index is 9.79. The molecule has 2 N–H and O–H groups in total. The minimum Gasteiger partial charge on any atom is -0.388 e. The van der Waals surface area contributed by atoms with Gasteiger partial charge in [0, 0.05) is 0 Å². The van der Waals surface area contributed by atoms with E-state index in [0.29, 0.717) is 11.2 Å². The van der Waals surface area contributed by atoms with E-state index in [1.165, 1.54) is 10.9 Å². The van der Waals surface area contributed by atoms with E-state index in [4.69, 9.17) is 27.9 Å². The molecular formula is C9H8Cl2N4O3. The van der Waals surface area contributed by atoms with Crippen molar-refractivity contribution in [3.63, 3.8) is 0 Å². The maximum Gasteiger partial charge on any atom is 0.225 e. The monoisotopic (exact) mass is 290 g/mol. The third-order valence-corrected chi connectivity index (χ3v) is 3.18. The van der Waals surface area contributed by atoms with Gasteiger partial charge in [-0.15, -0.1) is 0 Å². The SMILES string of the molecule is O[C@@H]1[C@H](n2cnc3c(Cl)nc(Cl)nc32)OC[C@@H]1O. The first-order valence-electron chi connectivity index (χ1n) is 5.11. The summed E-state index contributed by atoms with van der Waals surface area (Å²) in [6, 6.07) is 0. The molecular weight excluding hydrogens is 283 g/mol. The van der Waals surface area contributed by atoms with E-state index in [1.54, 1.807) is 0 Å². The standard InChI is InChI=1S/C9H8Cl2N4O3/c10-6-4-7(14-9(11)13-6)15(2-12-4)8-5(17)3(16)1-18-8/h2-3,5,8,16-17H,1H2/t3-,5-,8+/m0/s1. The van der Waals surface area contributed by atoms with Gasteiger partial charge in [-0.3, -0.25) is 4.57 Å². The number of fused-ring (bicyclic) bond motifs is 1. The molecule has 7 nitrogen and oxygen atoms in total. The van der Waals surface area contributed by atoms with Crippen LogP contribution in [0.4, 0.5) is 0 Å². The largest absolute Gasteiger partial charge is 0.388 e. The Labute approximate surface area is 111 Å². The van der Waals surface area contributed by atoms with Crippen LogP contribution in [0.2, 0.25) is 10.4 Å². The highest BCUT2D eigenvalue weighted by Crippen LogP contribution is 2.29. The number of imidazole rings is 1. The van der Waals surface area contributed by atoms with Crippen LogP contribution in [0, 0.1) is 0 Å². The number of hydrogen-bond acceptors (Lipinski definition) is 6. The quantitative estimate of drug-likeness (QED) is 0.583. The van der Waals surface area contributed by atoms with Gasteiger partial charge in [0.1, 0.15) is 17.7 Å². The van der Waals surface area contributed by atoms with E-state index >= 15 is 0 Å². The van der Waals surface area contributed by atoms with Crippen molar-refractivity contribution in [3.8, 4) is 0 Å². The fourth-order valence-corrected chi connectivity index (χ4v) is 2.29. The Kier molecular flexibility index (Phi) is 2.87. The highest BCUT2D eigenvalue weighted by atomic mass is 35.5. The minimum atomic E-state index is -1.06. The highest BCUT2D eigenvalue weighted by Gasteiger charge is 2.37. The molecule has 1 fully saturated rings. The Balaban J connectivity index is 2.13. The smallest absolute Gasteiger partial charge is 0.225 e. The first-order valence-corrected chi connectivity index (χ1v) is 5.87. The van der Waals surface area contributed by atoms with Crippen molar-refractivity contribution in [2.45, 2.75) is 18.4 Å². The summed E-state index contributed by atoms with van der Waals surface area (Å²) in [6.07, 6.45) is -1.37. The molecule has 3 rings (SSSR count). The molecule has 0 aliphatic carbocycles.